The van der Waals surface area contributed by atoms with Gasteiger partial charge in [0, 0.05) is 0 Å². The van der Waals surface area contributed by atoms with Gasteiger partial charge in [-0.15, -0.1) is 0 Å². The molecule has 0 aliphatic heterocycles. The predicted molar refractivity (Wildman–Crippen MR) is 166 cm³/mol. The average Bonchev–Trinajstić information content (AvgIpc) is 3.08. The lowest BCUT2D eigenvalue weighted by Crippen LogP contribution is -2.11. The quantitative estimate of drug-likeness (QED) is 0.229. The van der Waals surface area contributed by atoms with E-state index in [4.69, 9.17) is 0 Å². The zero-order valence-electron chi connectivity index (χ0n) is 23.7. The van der Waals surface area contributed by atoms with E-state index < -0.39 is 34.5 Å². The van der Waals surface area contributed by atoms with Crippen molar-refractivity contribution in [3.8, 4) is 0 Å². The maximum absolute atomic E-state index is 13.7. The predicted octanol–water partition coefficient (Wildman–Crippen LogP) is 4.32. The van der Waals surface area contributed by atoms with Crippen LogP contribution in [0.3, 0.4) is 0 Å². The first kappa shape index (κ1) is 29.5. The number of nitrogens with zero attached hydrogens (tertiary/aromatic N) is 6. The van der Waals surface area contributed by atoms with Gasteiger partial charge in [-0.2, -0.15) is 0 Å². The molecule has 228 valence electrons. The minimum absolute atomic E-state index is 0.0116. The Morgan fingerprint density at radius 1 is 0.413 bits per heavy atom. The minimum Gasteiger partial charge on any atom is -0.249 e. The Labute approximate surface area is 262 Å². The molecule has 0 atom stereocenters. The van der Waals surface area contributed by atoms with Crippen LogP contribution in [-0.2, 0) is 29.5 Å². The molecule has 3 heterocycles. The van der Waals surface area contributed by atoms with E-state index in [0.717, 1.165) is 12.4 Å². The van der Waals surface area contributed by atoms with E-state index in [-0.39, 0.29) is 63.5 Å². The van der Waals surface area contributed by atoms with Gasteiger partial charge in [0.1, 0.15) is 33.1 Å². The number of hydrogen-bond donors (Lipinski definition) is 0. The van der Waals surface area contributed by atoms with Crippen molar-refractivity contribution in [3.05, 3.63) is 109 Å². The maximum Gasteiger partial charge on any atom is 0.225 e. The molecule has 3 aromatic heterocycles. The Bertz CT molecular complexity index is 2680. The molecule has 0 unspecified atom stereocenters. The molecule has 0 fully saturated rings. The largest absolute Gasteiger partial charge is 0.249 e. The summed E-state index contributed by atoms with van der Waals surface area (Å²) in [5.41, 5.74) is -0.209. The molecule has 4 aromatic carbocycles. The summed E-state index contributed by atoms with van der Waals surface area (Å²) in [6.45, 7) is 1.46. The molecular formula is C31H20N6O6S3. The highest BCUT2D eigenvalue weighted by Gasteiger charge is 2.29. The van der Waals surface area contributed by atoms with Gasteiger partial charge in [0.15, 0.2) is 15.1 Å². The average molecular weight is 669 g/mol. The Hall–Kier alpha value is -5.25. The van der Waals surface area contributed by atoms with E-state index in [2.05, 4.69) is 29.9 Å². The molecule has 46 heavy (non-hydrogen) atoms. The number of benzene rings is 4. The van der Waals surface area contributed by atoms with Gasteiger partial charge >= 0.3 is 0 Å². The summed E-state index contributed by atoms with van der Waals surface area (Å²) in [4.78, 5) is 26.5. The smallest absolute Gasteiger partial charge is 0.225 e. The molecule has 0 amide bonds. The number of rotatable bonds is 6. The van der Waals surface area contributed by atoms with Crippen LogP contribution in [0.1, 0.15) is 5.69 Å². The van der Waals surface area contributed by atoms with Crippen molar-refractivity contribution >= 4 is 62.6 Å². The van der Waals surface area contributed by atoms with E-state index in [1.807, 2.05) is 0 Å². The van der Waals surface area contributed by atoms with Crippen LogP contribution in [0, 0.1) is 6.92 Å². The highest BCUT2D eigenvalue weighted by molar-refractivity contribution is 7.92. The topological polar surface area (TPSA) is 180 Å². The second-order valence-electron chi connectivity index (χ2n) is 10.1. The van der Waals surface area contributed by atoms with Gasteiger partial charge in [0.05, 0.1) is 32.8 Å². The normalized spacial score (nSPS) is 12.5. The molecule has 0 spiro atoms. The monoisotopic (exact) mass is 668 g/mol. The molecule has 0 bridgehead atoms. The fourth-order valence-electron chi connectivity index (χ4n) is 4.92. The van der Waals surface area contributed by atoms with Crippen molar-refractivity contribution in [2.24, 2.45) is 0 Å². The maximum atomic E-state index is 13.7. The molecule has 0 saturated carbocycles. The number of fused-ring (bicyclic) bond motifs is 6. The highest BCUT2D eigenvalue weighted by Crippen LogP contribution is 2.34. The van der Waals surface area contributed by atoms with Crippen LogP contribution in [0.2, 0.25) is 0 Å². The van der Waals surface area contributed by atoms with E-state index in [9.17, 15) is 25.3 Å². The lowest BCUT2D eigenvalue weighted by atomic mass is 10.2. The van der Waals surface area contributed by atoms with Crippen LogP contribution in [0.15, 0.2) is 133 Å². The summed E-state index contributed by atoms with van der Waals surface area (Å²) in [5, 5.41) is -1.20. The zero-order chi connectivity index (χ0) is 32.3. The summed E-state index contributed by atoms with van der Waals surface area (Å²) in [7, 11) is -12.5. The third kappa shape index (κ3) is 4.67. The lowest BCUT2D eigenvalue weighted by Gasteiger charge is -2.13. The summed E-state index contributed by atoms with van der Waals surface area (Å²) < 4.78 is 81.3. The molecular weight excluding hydrogens is 649 g/mol. The van der Waals surface area contributed by atoms with Crippen molar-refractivity contribution in [2.45, 2.75) is 36.7 Å². The van der Waals surface area contributed by atoms with E-state index >= 15 is 0 Å². The summed E-state index contributed by atoms with van der Waals surface area (Å²) in [6, 6.07) is 22.9. The van der Waals surface area contributed by atoms with Crippen molar-refractivity contribution in [2.75, 3.05) is 0 Å². The Morgan fingerprint density at radius 2 is 0.761 bits per heavy atom. The number of hydrogen-bond acceptors (Lipinski definition) is 12. The summed E-state index contributed by atoms with van der Waals surface area (Å²) in [6.07, 6.45) is 2.10. The Balaban J connectivity index is 1.58. The van der Waals surface area contributed by atoms with Crippen LogP contribution >= 0.6 is 0 Å². The first-order valence-electron chi connectivity index (χ1n) is 13.5. The molecule has 0 aliphatic rings. The SMILES string of the molecule is Cc1nc2c3ncc(S(=O)(=O)c4ccccc4)nc3c3ncc(S(=O)(=O)c4ccccc4)nc3c2nc1S(=O)(=O)c1ccccc1. The number of aromatic nitrogens is 6. The fraction of sp³-hybridized carbons (Fsp3) is 0.0323. The van der Waals surface area contributed by atoms with Gasteiger partial charge in [0.2, 0.25) is 29.5 Å². The van der Waals surface area contributed by atoms with Gasteiger partial charge in [-0.05, 0) is 43.3 Å². The van der Waals surface area contributed by atoms with E-state index in [1.165, 1.54) is 43.3 Å². The van der Waals surface area contributed by atoms with Crippen LogP contribution in [-0.4, -0.2) is 55.2 Å². The van der Waals surface area contributed by atoms with Crippen LogP contribution in [0.4, 0.5) is 0 Å². The van der Waals surface area contributed by atoms with Crippen molar-refractivity contribution < 1.29 is 25.3 Å². The van der Waals surface area contributed by atoms with Crippen LogP contribution < -0.4 is 0 Å². The van der Waals surface area contributed by atoms with Gasteiger partial charge < -0.3 is 0 Å². The molecule has 0 N–H and O–H groups in total. The number of sulfone groups is 3. The Morgan fingerprint density at radius 3 is 1.20 bits per heavy atom. The lowest BCUT2D eigenvalue weighted by molar-refractivity contribution is 0.589. The molecule has 0 saturated heterocycles. The summed E-state index contributed by atoms with van der Waals surface area (Å²) in [5.74, 6) is 0. The minimum atomic E-state index is -4.18. The molecule has 0 aliphatic carbocycles. The molecule has 0 radical (unpaired) electrons. The van der Waals surface area contributed by atoms with Crippen molar-refractivity contribution in [3.63, 3.8) is 0 Å². The third-order valence-corrected chi connectivity index (χ3v) is 12.2. The van der Waals surface area contributed by atoms with Gasteiger partial charge in [-0.3, -0.25) is 0 Å². The molecule has 15 heteroatoms. The van der Waals surface area contributed by atoms with Crippen molar-refractivity contribution in [1.29, 1.82) is 0 Å². The zero-order valence-corrected chi connectivity index (χ0v) is 26.1. The standard InChI is InChI=1S/C31H20N6O6S3/c1-19-31(46(42,43)22-15-9-4-10-16-22)37-30-28(34-19)25-27(35-23(17-32-25)44(38,39)20-11-5-2-6-12-20)26-29(30)36-24(18-33-26)45(40,41)21-13-7-3-8-14-21/h2-18H,1H3. The van der Waals surface area contributed by atoms with Gasteiger partial charge in [0.25, 0.3) is 0 Å². The Kier molecular flexibility index (Phi) is 6.84. The fourth-order valence-corrected chi connectivity index (χ4v) is 8.63. The first-order chi connectivity index (χ1) is 22.0. The highest BCUT2D eigenvalue weighted by atomic mass is 32.2. The van der Waals surface area contributed by atoms with Gasteiger partial charge in [-0.25, -0.2) is 55.2 Å². The second kappa shape index (κ2) is 10.7. The third-order valence-electron chi connectivity index (χ3n) is 7.17. The van der Waals surface area contributed by atoms with Crippen LogP contribution in [0.5, 0.6) is 0 Å². The summed E-state index contributed by atoms with van der Waals surface area (Å²) >= 11 is 0. The second-order valence-corrected chi connectivity index (χ2v) is 15.7. The van der Waals surface area contributed by atoms with Crippen LogP contribution in [0.25, 0.3) is 33.1 Å². The molecule has 7 rings (SSSR count). The van der Waals surface area contributed by atoms with Crippen molar-refractivity contribution in [1.82, 2.24) is 29.9 Å². The van der Waals surface area contributed by atoms with Gasteiger partial charge in [-0.1, -0.05) is 54.6 Å². The van der Waals surface area contributed by atoms with E-state index in [0.29, 0.717) is 0 Å². The molecule has 7 aromatic rings. The first-order valence-corrected chi connectivity index (χ1v) is 18.0. The number of aryl methyl sites for hydroxylation is 1. The molecule has 12 nitrogen and oxygen atoms in total. The van der Waals surface area contributed by atoms with E-state index in [1.54, 1.807) is 54.6 Å².